The van der Waals surface area contributed by atoms with Gasteiger partial charge >= 0.3 is 0 Å². The molecule has 0 unspecified atom stereocenters. The van der Waals surface area contributed by atoms with E-state index in [1.165, 1.54) is 12.1 Å². The van der Waals surface area contributed by atoms with Crippen LogP contribution in [0.5, 0.6) is 0 Å². The van der Waals surface area contributed by atoms with Gasteiger partial charge in [0.1, 0.15) is 0 Å². The van der Waals surface area contributed by atoms with Crippen molar-refractivity contribution in [3.05, 3.63) is 81.9 Å². The maximum atomic E-state index is 13.5. The molecule has 0 bridgehead atoms. The molecule has 4 rings (SSSR count). The molecule has 0 radical (unpaired) electrons. The van der Waals surface area contributed by atoms with Crippen LogP contribution in [0.15, 0.2) is 47.5 Å². The van der Waals surface area contributed by atoms with Crippen LogP contribution in [0.1, 0.15) is 11.1 Å². The number of carbonyl (C=O) groups is 2. The van der Waals surface area contributed by atoms with Crippen molar-refractivity contribution in [2.75, 3.05) is 0 Å². The molecule has 8 heteroatoms. The van der Waals surface area contributed by atoms with E-state index >= 15 is 0 Å². The molecule has 4 nitrogen and oxygen atoms in total. The Bertz CT molecular complexity index is 987. The highest BCUT2D eigenvalue weighted by Crippen LogP contribution is 2.37. The maximum Gasteiger partial charge on any atom is 0.258 e. The number of nitrogens with one attached hydrogen (secondary N) is 2. The van der Waals surface area contributed by atoms with E-state index in [-0.39, 0.29) is 33.7 Å². The number of carbonyl (C=O) groups excluding carboxylic acids is 2. The lowest BCUT2D eigenvalue weighted by Gasteiger charge is -2.08. The molecule has 0 fully saturated rings. The molecular weight excluding hydrogens is 352 g/mol. The van der Waals surface area contributed by atoms with Gasteiger partial charge < -0.3 is 10.6 Å². The van der Waals surface area contributed by atoms with Gasteiger partial charge in [-0.2, -0.15) is 0 Å². The quantitative estimate of drug-likeness (QED) is 0.809. The van der Waals surface area contributed by atoms with E-state index < -0.39 is 35.1 Å². The summed E-state index contributed by atoms with van der Waals surface area (Å²) in [6.45, 7) is 0. The van der Waals surface area contributed by atoms with Gasteiger partial charge in [0.15, 0.2) is 23.3 Å². The Morgan fingerprint density at radius 3 is 1.31 bits per heavy atom. The third-order valence-corrected chi connectivity index (χ3v) is 4.10. The molecule has 2 aromatic rings. The summed E-state index contributed by atoms with van der Waals surface area (Å²) in [5.41, 5.74) is 0.0901. The maximum absolute atomic E-state index is 13.5. The molecule has 2 aliphatic heterocycles. The Balaban J connectivity index is 1.90. The molecule has 130 valence electrons. The third-order valence-electron chi connectivity index (χ3n) is 4.10. The number of hydrogen-bond donors (Lipinski definition) is 2. The summed E-state index contributed by atoms with van der Waals surface area (Å²) in [5, 5.41) is 4.88. The van der Waals surface area contributed by atoms with Crippen LogP contribution in [0.3, 0.4) is 0 Å². The third kappa shape index (κ3) is 2.30. The Kier molecular flexibility index (Phi) is 3.43. The number of rotatable bonds is 2. The molecule has 26 heavy (non-hydrogen) atoms. The second-order valence-electron chi connectivity index (χ2n) is 5.67. The number of benzene rings is 2. The SMILES string of the molecule is O=C1NC(c2ccc(F)c(F)c2)=C2C(=O)NC(c3ccc(F)c(F)c3)=C12. The van der Waals surface area contributed by atoms with Crippen molar-refractivity contribution in [3.8, 4) is 0 Å². The average molecular weight is 360 g/mol. The summed E-state index contributed by atoms with van der Waals surface area (Å²) in [7, 11) is 0. The molecule has 0 saturated carbocycles. The molecule has 0 spiro atoms. The summed E-state index contributed by atoms with van der Waals surface area (Å²) < 4.78 is 53.2. The van der Waals surface area contributed by atoms with Crippen molar-refractivity contribution in [3.63, 3.8) is 0 Å². The molecule has 2 amide bonds. The lowest BCUT2D eigenvalue weighted by atomic mass is 10.0. The molecule has 2 heterocycles. The standard InChI is InChI=1S/C18H8F4N2O2/c19-9-3-1-7(5-11(9)21)15-13-14(18(26)23-15)16(24-17(13)25)8-2-4-10(20)12(22)6-8/h1-6H,(H,23,26)(H,24,25). The lowest BCUT2D eigenvalue weighted by Crippen LogP contribution is -2.21. The van der Waals surface area contributed by atoms with Crippen LogP contribution >= 0.6 is 0 Å². The molecule has 2 N–H and O–H groups in total. The van der Waals surface area contributed by atoms with Crippen molar-refractivity contribution < 1.29 is 27.2 Å². The van der Waals surface area contributed by atoms with Gasteiger partial charge in [-0.05, 0) is 36.4 Å². The van der Waals surface area contributed by atoms with E-state index in [9.17, 15) is 27.2 Å². The lowest BCUT2D eigenvalue weighted by molar-refractivity contribution is -0.117. The molecule has 0 aliphatic carbocycles. The topological polar surface area (TPSA) is 58.2 Å². The van der Waals surface area contributed by atoms with Gasteiger partial charge in [0, 0.05) is 11.1 Å². The predicted molar refractivity (Wildman–Crippen MR) is 82.8 cm³/mol. The Morgan fingerprint density at radius 2 is 0.962 bits per heavy atom. The second-order valence-corrected chi connectivity index (χ2v) is 5.67. The smallest absolute Gasteiger partial charge is 0.258 e. The first-order valence-electron chi connectivity index (χ1n) is 7.39. The van der Waals surface area contributed by atoms with Crippen LogP contribution in [-0.2, 0) is 9.59 Å². The van der Waals surface area contributed by atoms with Crippen molar-refractivity contribution in [1.29, 1.82) is 0 Å². The van der Waals surface area contributed by atoms with Gasteiger partial charge in [-0.25, -0.2) is 17.6 Å². The van der Waals surface area contributed by atoms with Crippen LogP contribution in [0, 0.1) is 23.3 Å². The van der Waals surface area contributed by atoms with E-state index in [1.807, 2.05) is 0 Å². The van der Waals surface area contributed by atoms with Gasteiger partial charge in [0.25, 0.3) is 11.8 Å². The van der Waals surface area contributed by atoms with E-state index in [0.29, 0.717) is 0 Å². The van der Waals surface area contributed by atoms with Crippen molar-refractivity contribution >= 4 is 23.2 Å². The minimum atomic E-state index is -1.14. The van der Waals surface area contributed by atoms with Crippen LogP contribution < -0.4 is 10.6 Å². The van der Waals surface area contributed by atoms with E-state index in [2.05, 4.69) is 10.6 Å². The average Bonchev–Trinajstić information content (AvgIpc) is 3.12. The minimum Gasteiger partial charge on any atom is -0.321 e. The van der Waals surface area contributed by atoms with E-state index in [0.717, 1.165) is 24.3 Å². The summed E-state index contributed by atoms with van der Waals surface area (Å²) >= 11 is 0. The monoisotopic (exact) mass is 360 g/mol. The van der Waals surface area contributed by atoms with Crippen LogP contribution in [0.2, 0.25) is 0 Å². The Labute approximate surface area is 143 Å². The summed E-state index contributed by atoms with van der Waals surface area (Å²) in [6.07, 6.45) is 0. The Morgan fingerprint density at radius 1 is 0.577 bits per heavy atom. The summed E-state index contributed by atoms with van der Waals surface area (Å²) in [4.78, 5) is 24.7. The van der Waals surface area contributed by atoms with Crippen molar-refractivity contribution in [2.24, 2.45) is 0 Å². The first-order chi connectivity index (χ1) is 12.4. The zero-order valence-electron chi connectivity index (χ0n) is 12.8. The normalized spacial score (nSPS) is 16.2. The van der Waals surface area contributed by atoms with Crippen LogP contribution in [0.25, 0.3) is 11.4 Å². The first-order valence-corrected chi connectivity index (χ1v) is 7.39. The largest absolute Gasteiger partial charge is 0.321 e. The predicted octanol–water partition coefficient (Wildman–Crippen LogP) is 2.62. The second kappa shape index (κ2) is 5.55. The van der Waals surface area contributed by atoms with Gasteiger partial charge in [-0.1, -0.05) is 0 Å². The molecule has 2 aliphatic rings. The zero-order valence-corrected chi connectivity index (χ0v) is 12.8. The van der Waals surface area contributed by atoms with E-state index in [4.69, 9.17) is 0 Å². The van der Waals surface area contributed by atoms with E-state index in [1.54, 1.807) is 0 Å². The van der Waals surface area contributed by atoms with Gasteiger partial charge in [0.2, 0.25) is 0 Å². The minimum absolute atomic E-state index is 0.0129. The number of hydrogen-bond acceptors (Lipinski definition) is 2. The highest BCUT2D eigenvalue weighted by molar-refractivity contribution is 6.30. The van der Waals surface area contributed by atoms with Gasteiger partial charge in [-0.3, -0.25) is 9.59 Å². The van der Waals surface area contributed by atoms with Gasteiger partial charge in [0.05, 0.1) is 22.5 Å². The summed E-state index contributed by atoms with van der Waals surface area (Å²) in [5.74, 6) is -5.76. The van der Waals surface area contributed by atoms with Crippen molar-refractivity contribution in [1.82, 2.24) is 10.6 Å². The van der Waals surface area contributed by atoms with Gasteiger partial charge in [-0.15, -0.1) is 0 Å². The molecule has 2 aromatic carbocycles. The number of fused-ring (bicyclic) bond motifs is 1. The fourth-order valence-electron chi connectivity index (χ4n) is 2.92. The fourth-order valence-corrected chi connectivity index (χ4v) is 2.92. The van der Waals surface area contributed by atoms with Crippen LogP contribution in [0.4, 0.5) is 17.6 Å². The molecule has 0 saturated heterocycles. The number of amides is 2. The van der Waals surface area contributed by atoms with Crippen molar-refractivity contribution in [2.45, 2.75) is 0 Å². The first kappa shape index (κ1) is 16.1. The molecular formula is C18H8F4N2O2. The fraction of sp³-hybridized carbons (Fsp3) is 0. The zero-order chi connectivity index (χ0) is 18.6. The highest BCUT2D eigenvalue weighted by Gasteiger charge is 2.41. The Hall–Kier alpha value is -3.42. The molecule has 0 aromatic heterocycles. The number of halogens is 4. The van der Waals surface area contributed by atoms with Crippen LogP contribution in [-0.4, -0.2) is 11.8 Å². The summed E-state index contributed by atoms with van der Waals surface area (Å²) in [6, 6.07) is 5.87. The molecule has 0 atom stereocenters. The highest BCUT2D eigenvalue weighted by atomic mass is 19.2.